The lowest BCUT2D eigenvalue weighted by molar-refractivity contribution is -0.141. The Morgan fingerprint density at radius 3 is 3.09 bits per heavy atom. The van der Waals surface area contributed by atoms with Gasteiger partial charge in [-0.3, -0.25) is 4.79 Å². The number of ether oxygens (including phenoxy) is 1. The van der Waals surface area contributed by atoms with Crippen molar-refractivity contribution in [2.75, 3.05) is 6.61 Å². The van der Waals surface area contributed by atoms with Gasteiger partial charge in [-0.25, -0.2) is 0 Å². The fraction of sp³-hybridized carbons (Fsp3) is 0.625. The summed E-state index contributed by atoms with van der Waals surface area (Å²) < 4.78 is 6.89. The molecule has 1 rings (SSSR count). The highest BCUT2D eigenvalue weighted by atomic mass is 127. The molecule has 0 N–H and O–H groups in total. The smallest absolute Gasteiger partial charge is 0.302 e. The predicted molar refractivity (Wildman–Crippen MR) is 51.4 cm³/mol. The summed E-state index contributed by atoms with van der Waals surface area (Å²) in [5.41, 5.74) is 0. The molecular weight excluding hydrogens is 255 g/mol. The molecule has 0 bridgehead atoms. The van der Waals surface area contributed by atoms with Crippen molar-refractivity contribution in [1.82, 2.24) is 0 Å². The van der Waals surface area contributed by atoms with Gasteiger partial charge >= 0.3 is 5.97 Å². The Labute approximate surface area is 80.1 Å². The zero-order chi connectivity index (χ0) is 8.27. The number of carbonyl (C=O) groups is 1. The summed E-state index contributed by atoms with van der Waals surface area (Å²) in [6, 6.07) is 0. The summed E-state index contributed by atoms with van der Waals surface area (Å²) in [6.45, 7) is 2.05. The number of halogens is 1. The van der Waals surface area contributed by atoms with E-state index in [1.165, 1.54) is 13.3 Å². The molecule has 0 unspecified atom stereocenters. The number of hydrogen-bond donors (Lipinski definition) is 0. The Morgan fingerprint density at radius 2 is 2.55 bits per heavy atom. The van der Waals surface area contributed by atoms with Gasteiger partial charge in [0.15, 0.2) is 0 Å². The monoisotopic (exact) mass is 266 g/mol. The van der Waals surface area contributed by atoms with Crippen LogP contribution in [0.3, 0.4) is 0 Å². The van der Waals surface area contributed by atoms with E-state index in [-0.39, 0.29) is 5.97 Å². The van der Waals surface area contributed by atoms with E-state index in [1.54, 1.807) is 0 Å². The summed E-state index contributed by atoms with van der Waals surface area (Å²) in [6.07, 6.45) is 3.33. The van der Waals surface area contributed by atoms with Crippen LogP contribution in [0.2, 0.25) is 0 Å². The Bertz CT molecular complexity index is 177. The lowest BCUT2D eigenvalue weighted by atomic mass is 10.3. The maximum absolute atomic E-state index is 10.4. The lowest BCUT2D eigenvalue weighted by Crippen LogP contribution is -2.02. The van der Waals surface area contributed by atoms with E-state index in [4.69, 9.17) is 4.74 Å². The van der Waals surface area contributed by atoms with Gasteiger partial charge in [0.25, 0.3) is 0 Å². The van der Waals surface area contributed by atoms with E-state index in [9.17, 15) is 4.79 Å². The molecule has 2 atom stereocenters. The van der Waals surface area contributed by atoms with Crippen molar-refractivity contribution in [2.45, 2.75) is 13.3 Å². The minimum atomic E-state index is -0.172. The van der Waals surface area contributed by atoms with Crippen LogP contribution in [0.5, 0.6) is 0 Å². The van der Waals surface area contributed by atoms with Crippen molar-refractivity contribution in [2.24, 2.45) is 11.8 Å². The van der Waals surface area contributed by atoms with Crippen LogP contribution in [-0.4, -0.2) is 12.6 Å². The van der Waals surface area contributed by atoms with Crippen LogP contribution in [0.25, 0.3) is 0 Å². The molecule has 11 heavy (non-hydrogen) atoms. The summed E-state index contributed by atoms with van der Waals surface area (Å²) in [4.78, 5) is 10.4. The third kappa shape index (κ3) is 3.22. The molecule has 1 aliphatic rings. The minimum absolute atomic E-state index is 0.172. The predicted octanol–water partition coefficient (Wildman–Crippen LogP) is 2.13. The van der Waals surface area contributed by atoms with Crippen molar-refractivity contribution in [3.05, 3.63) is 10.2 Å². The third-order valence-corrected chi connectivity index (χ3v) is 2.21. The number of hydrogen-bond acceptors (Lipinski definition) is 2. The quantitative estimate of drug-likeness (QED) is 0.577. The second-order valence-corrected chi connectivity index (χ2v) is 3.50. The molecular formula is C8H11IO2. The first kappa shape index (κ1) is 9.03. The normalized spacial score (nSPS) is 28.9. The summed E-state index contributed by atoms with van der Waals surface area (Å²) in [5.74, 6) is 1.07. The Kier molecular flexibility index (Phi) is 3.36. The largest absolute Gasteiger partial charge is 0.466 e. The van der Waals surface area contributed by atoms with Crippen LogP contribution in [0, 0.1) is 11.8 Å². The number of carbonyl (C=O) groups excluding carboxylic acids is 1. The van der Waals surface area contributed by atoms with Crippen molar-refractivity contribution in [3.63, 3.8) is 0 Å². The highest BCUT2D eigenvalue weighted by Crippen LogP contribution is 2.39. The average Bonchev–Trinajstić information content (AvgIpc) is 2.64. The molecule has 0 saturated heterocycles. The highest BCUT2D eigenvalue weighted by Gasteiger charge is 2.35. The van der Waals surface area contributed by atoms with Crippen LogP contribution in [0.4, 0.5) is 0 Å². The molecule has 62 valence electrons. The van der Waals surface area contributed by atoms with Crippen LogP contribution >= 0.6 is 22.6 Å². The first-order valence-corrected chi connectivity index (χ1v) is 4.89. The number of allylic oxidation sites excluding steroid dienone is 1. The van der Waals surface area contributed by atoms with Crippen molar-refractivity contribution >= 4 is 28.6 Å². The SMILES string of the molecule is CC(=O)OC[C@H]1C[C@H]1/C=C/I. The second-order valence-electron chi connectivity index (χ2n) is 2.78. The van der Waals surface area contributed by atoms with Crippen molar-refractivity contribution < 1.29 is 9.53 Å². The van der Waals surface area contributed by atoms with Gasteiger partial charge in [-0.1, -0.05) is 28.7 Å². The molecule has 0 aromatic heterocycles. The van der Waals surface area contributed by atoms with Gasteiger partial charge in [-0.15, -0.1) is 0 Å². The summed E-state index contributed by atoms with van der Waals surface area (Å²) in [5, 5.41) is 0. The number of esters is 1. The molecule has 0 aromatic carbocycles. The van der Waals surface area contributed by atoms with Gasteiger partial charge in [-0.2, -0.15) is 0 Å². The van der Waals surface area contributed by atoms with E-state index in [2.05, 4.69) is 28.7 Å². The fourth-order valence-corrected chi connectivity index (χ4v) is 1.55. The van der Waals surface area contributed by atoms with Crippen LogP contribution in [0.1, 0.15) is 13.3 Å². The zero-order valence-corrected chi connectivity index (χ0v) is 8.58. The first-order valence-electron chi connectivity index (χ1n) is 3.64. The Balaban J connectivity index is 2.09. The molecule has 0 radical (unpaired) electrons. The molecule has 0 spiro atoms. The highest BCUT2D eigenvalue weighted by molar-refractivity contribution is 14.1. The minimum Gasteiger partial charge on any atom is -0.466 e. The van der Waals surface area contributed by atoms with Crippen molar-refractivity contribution in [1.29, 1.82) is 0 Å². The standard InChI is InChI=1S/C8H11IO2/c1-6(10)11-5-8-4-7(8)2-3-9/h2-3,7-8H,4-5H2,1H3/b3-2+/t7-,8-/m1/s1. The topological polar surface area (TPSA) is 26.3 Å². The second kappa shape index (κ2) is 4.09. The van der Waals surface area contributed by atoms with Crippen LogP contribution in [-0.2, 0) is 9.53 Å². The van der Waals surface area contributed by atoms with Crippen molar-refractivity contribution in [3.8, 4) is 0 Å². The third-order valence-electron chi connectivity index (χ3n) is 1.80. The van der Waals surface area contributed by atoms with Crippen LogP contribution < -0.4 is 0 Å². The fourth-order valence-electron chi connectivity index (χ4n) is 1.02. The van der Waals surface area contributed by atoms with Gasteiger partial charge in [0, 0.05) is 6.92 Å². The molecule has 0 aliphatic heterocycles. The zero-order valence-electron chi connectivity index (χ0n) is 6.42. The van der Waals surface area contributed by atoms with Gasteiger partial charge in [-0.05, 0) is 22.3 Å². The van der Waals surface area contributed by atoms with E-state index >= 15 is 0 Å². The molecule has 2 nitrogen and oxygen atoms in total. The Morgan fingerprint density at radius 1 is 1.82 bits per heavy atom. The first-order chi connectivity index (χ1) is 5.24. The van der Waals surface area contributed by atoms with Gasteiger partial charge in [0.1, 0.15) is 0 Å². The molecule has 1 fully saturated rings. The maximum Gasteiger partial charge on any atom is 0.302 e. The van der Waals surface area contributed by atoms with E-state index in [0.29, 0.717) is 18.4 Å². The Hall–Kier alpha value is -0.0600. The van der Waals surface area contributed by atoms with Gasteiger partial charge in [0.05, 0.1) is 6.61 Å². The average molecular weight is 266 g/mol. The molecule has 1 saturated carbocycles. The number of rotatable bonds is 3. The van der Waals surface area contributed by atoms with Gasteiger partial charge in [0.2, 0.25) is 0 Å². The molecule has 3 heteroatoms. The van der Waals surface area contributed by atoms with Crippen LogP contribution in [0.15, 0.2) is 10.2 Å². The van der Waals surface area contributed by atoms with E-state index in [1.807, 2.05) is 4.08 Å². The molecule has 0 amide bonds. The lowest BCUT2D eigenvalue weighted by Gasteiger charge is -1.97. The maximum atomic E-state index is 10.4. The van der Waals surface area contributed by atoms with Gasteiger partial charge < -0.3 is 4.74 Å². The molecule has 0 heterocycles. The summed E-state index contributed by atoms with van der Waals surface area (Å²) >= 11 is 2.21. The molecule has 0 aromatic rings. The summed E-state index contributed by atoms with van der Waals surface area (Å²) in [7, 11) is 0. The molecule has 1 aliphatic carbocycles. The van der Waals surface area contributed by atoms with E-state index < -0.39 is 0 Å². The van der Waals surface area contributed by atoms with E-state index in [0.717, 1.165) is 0 Å².